The van der Waals surface area contributed by atoms with Crippen LogP contribution in [0.25, 0.3) is 0 Å². The number of benzene rings is 1. The van der Waals surface area contributed by atoms with E-state index in [-0.39, 0.29) is 5.91 Å². The van der Waals surface area contributed by atoms with Gasteiger partial charge in [-0.3, -0.25) is 4.79 Å². The molecule has 0 aliphatic heterocycles. The van der Waals surface area contributed by atoms with Crippen LogP contribution in [0.1, 0.15) is 15.2 Å². The third-order valence-electron chi connectivity index (χ3n) is 2.66. The van der Waals surface area contributed by atoms with Crippen LogP contribution in [0.2, 0.25) is 0 Å². The smallest absolute Gasteiger partial charge is 0.268 e. The van der Waals surface area contributed by atoms with Gasteiger partial charge >= 0.3 is 0 Å². The highest BCUT2D eigenvalue weighted by molar-refractivity contribution is 7.12. The number of carbonyl (C=O) groups is 1. The van der Waals surface area contributed by atoms with Crippen molar-refractivity contribution >= 4 is 28.6 Å². The molecule has 1 amide bonds. The molecule has 2 N–H and O–H groups in total. The second-order valence-electron chi connectivity index (χ2n) is 3.86. The van der Waals surface area contributed by atoms with Crippen LogP contribution in [-0.2, 0) is 0 Å². The zero-order chi connectivity index (χ0) is 12.4. The van der Waals surface area contributed by atoms with Gasteiger partial charge in [-0.2, -0.15) is 0 Å². The van der Waals surface area contributed by atoms with Gasteiger partial charge in [-0.25, -0.2) is 0 Å². The van der Waals surface area contributed by atoms with Crippen molar-refractivity contribution in [2.45, 2.75) is 6.92 Å². The number of nitrogens with zero attached hydrogens (tertiary/aromatic N) is 1. The first-order valence-corrected chi connectivity index (χ1v) is 6.16. The Labute approximate surface area is 104 Å². The van der Waals surface area contributed by atoms with Gasteiger partial charge in [0.05, 0.1) is 16.3 Å². The largest absolute Gasteiger partial charge is 0.397 e. The van der Waals surface area contributed by atoms with Gasteiger partial charge < -0.3 is 10.6 Å². The zero-order valence-corrected chi connectivity index (χ0v) is 10.6. The number of amides is 1. The Balaban J connectivity index is 2.33. The summed E-state index contributed by atoms with van der Waals surface area (Å²) >= 11 is 1.45. The lowest BCUT2D eigenvalue weighted by molar-refractivity contribution is 0.0996. The monoisotopic (exact) mass is 246 g/mol. The summed E-state index contributed by atoms with van der Waals surface area (Å²) < 4.78 is 0. The highest BCUT2D eigenvalue weighted by Crippen LogP contribution is 2.25. The Bertz CT molecular complexity index is 548. The molecular formula is C13H14N2OS. The molecule has 0 saturated heterocycles. The van der Waals surface area contributed by atoms with Crippen LogP contribution in [0.3, 0.4) is 0 Å². The van der Waals surface area contributed by atoms with Crippen molar-refractivity contribution in [3.05, 3.63) is 46.2 Å². The van der Waals surface area contributed by atoms with Gasteiger partial charge in [0.1, 0.15) is 0 Å². The van der Waals surface area contributed by atoms with Gasteiger partial charge in [0.25, 0.3) is 5.91 Å². The average molecular weight is 246 g/mol. The topological polar surface area (TPSA) is 46.3 Å². The fourth-order valence-corrected chi connectivity index (χ4v) is 2.55. The summed E-state index contributed by atoms with van der Waals surface area (Å²) in [6.07, 6.45) is 0. The van der Waals surface area contributed by atoms with Gasteiger partial charge in [-0.15, -0.1) is 11.3 Å². The molecule has 1 aromatic carbocycles. The van der Waals surface area contributed by atoms with Crippen molar-refractivity contribution < 1.29 is 4.79 Å². The van der Waals surface area contributed by atoms with Gasteiger partial charge in [0, 0.05) is 7.05 Å². The molecule has 0 aliphatic carbocycles. The van der Waals surface area contributed by atoms with E-state index < -0.39 is 0 Å². The van der Waals surface area contributed by atoms with Gasteiger partial charge in [0.15, 0.2) is 0 Å². The minimum Gasteiger partial charge on any atom is -0.397 e. The van der Waals surface area contributed by atoms with Crippen molar-refractivity contribution in [3.8, 4) is 0 Å². The lowest BCUT2D eigenvalue weighted by Crippen LogP contribution is -2.26. The summed E-state index contributed by atoms with van der Waals surface area (Å²) in [4.78, 5) is 14.6. The number of carbonyl (C=O) groups excluding carboxylic acids is 1. The van der Waals surface area contributed by atoms with E-state index in [0.717, 1.165) is 16.1 Å². The van der Waals surface area contributed by atoms with Crippen molar-refractivity contribution in [1.29, 1.82) is 0 Å². The van der Waals surface area contributed by atoms with E-state index in [4.69, 9.17) is 5.73 Å². The van der Waals surface area contributed by atoms with Crippen LogP contribution in [-0.4, -0.2) is 13.0 Å². The minimum atomic E-state index is -0.0181. The Morgan fingerprint density at radius 2 is 2.00 bits per heavy atom. The third-order valence-corrected chi connectivity index (χ3v) is 3.66. The number of rotatable bonds is 2. The van der Waals surface area contributed by atoms with Crippen LogP contribution in [0, 0.1) is 6.92 Å². The Kier molecular flexibility index (Phi) is 3.15. The predicted octanol–water partition coefficient (Wildman–Crippen LogP) is 2.92. The molecule has 1 heterocycles. The summed E-state index contributed by atoms with van der Waals surface area (Å²) in [6.45, 7) is 1.94. The predicted molar refractivity (Wildman–Crippen MR) is 72.6 cm³/mol. The molecule has 0 aliphatic rings. The van der Waals surface area contributed by atoms with E-state index in [0.29, 0.717) is 5.69 Å². The molecule has 1 aromatic heterocycles. The fourth-order valence-electron chi connectivity index (χ4n) is 1.65. The number of nitrogens with two attached hydrogens (primary N) is 1. The fraction of sp³-hybridized carbons (Fsp3) is 0.154. The maximum atomic E-state index is 12.3. The third kappa shape index (κ3) is 2.17. The summed E-state index contributed by atoms with van der Waals surface area (Å²) in [5.41, 5.74) is 8.21. The molecule has 0 bridgehead atoms. The number of para-hydroxylation sites is 2. The minimum absolute atomic E-state index is 0.0181. The van der Waals surface area contributed by atoms with E-state index in [1.807, 2.05) is 36.6 Å². The summed E-state index contributed by atoms with van der Waals surface area (Å²) in [6, 6.07) is 9.31. The molecular weight excluding hydrogens is 232 g/mol. The quantitative estimate of drug-likeness (QED) is 0.828. The Morgan fingerprint density at radius 3 is 2.59 bits per heavy atom. The molecule has 3 nitrogen and oxygen atoms in total. The van der Waals surface area contributed by atoms with Crippen LogP contribution < -0.4 is 10.6 Å². The molecule has 0 fully saturated rings. The first-order valence-electron chi connectivity index (χ1n) is 5.28. The SMILES string of the molecule is Cc1ccsc1C(=O)N(C)c1ccccc1N. The molecule has 0 spiro atoms. The normalized spacial score (nSPS) is 10.2. The molecule has 0 unspecified atom stereocenters. The summed E-state index contributed by atoms with van der Waals surface area (Å²) in [5, 5.41) is 1.92. The number of anilines is 2. The molecule has 2 aromatic rings. The Hall–Kier alpha value is -1.81. The average Bonchev–Trinajstić information content (AvgIpc) is 2.74. The maximum absolute atomic E-state index is 12.3. The van der Waals surface area contributed by atoms with E-state index in [9.17, 15) is 4.79 Å². The number of aryl methyl sites for hydroxylation is 1. The summed E-state index contributed by atoms with van der Waals surface area (Å²) in [5.74, 6) is -0.0181. The van der Waals surface area contributed by atoms with Gasteiger partial charge in [0.2, 0.25) is 0 Å². The van der Waals surface area contributed by atoms with E-state index >= 15 is 0 Å². The number of thiophene rings is 1. The molecule has 0 atom stereocenters. The highest BCUT2D eigenvalue weighted by Gasteiger charge is 2.17. The van der Waals surface area contributed by atoms with Crippen LogP contribution >= 0.6 is 11.3 Å². The number of hydrogen-bond donors (Lipinski definition) is 1. The van der Waals surface area contributed by atoms with Crippen LogP contribution in [0.15, 0.2) is 35.7 Å². The molecule has 2 rings (SSSR count). The molecule has 4 heteroatoms. The second kappa shape index (κ2) is 4.59. The van der Waals surface area contributed by atoms with E-state index in [2.05, 4.69) is 0 Å². The van der Waals surface area contributed by atoms with Crippen LogP contribution in [0.5, 0.6) is 0 Å². The maximum Gasteiger partial charge on any atom is 0.268 e. The van der Waals surface area contributed by atoms with Crippen molar-refractivity contribution in [2.75, 3.05) is 17.7 Å². The zero-order valence-electron chi connectivity index (χ0n) is 9.81. The first kappa shape index (κ1) is 11.7. The van der Waals surface area contributed by atoms with Gasteiger partial charge in [-0.1, -0.05) is 12.1 Å². The van der Waals surface area contributed by atoms with Gasteiger partial charge in [-0.05, 0) is 36.1 Å². The number of hydrogen-bond acceptors (Lipinski definition) is 3. The molecule has 88 valence electrons. The highest BCUT2D eigenvalue weighted by atomic mass is 32.1. The van der Waals surface area contributed by atoms with Crippen molar-refractivity contribution in [3.63, 3.8) is 0 Å². The van der Waals surface area contributed by atoms with Crippen molar-refractivity contribution in [2.24, 2.45) is 0 Å². The van der Waals surface area contributed by atoms with Crippen LogP contribution in [0.4, 0.5) is 11.4 Å². The van der Waals surface area contributed by atoms with E-state index in [1.54, 1.807) is 18.0 Å². The second-order valence-corrected chi connectivity index (χ2v) is 4.77. The van der Waals surface area contributed by atoms with E-state index in [1.165, 1.54) is 11.3 Å². The molecule has 17 heavy (non-hydrogen) atoms. The van der Waals surface area contributed by atoms with Crippen molar-refractivity contribution in [1.82, 2.24) is 0 Å². The lowest BCUT2D eigenvalue weighted by Gasteiger charge is -2.18. The molecule has 0 saturated carbocycles. The summed E-state index contributed by atoms with van der Waals surface area (Å²) in [7, 11) is 1.74. The first-order chi connectivity index (χ1) is 8.11. The lowest BCUT2D eigenvalue weighted by atomic mass is 10.2. The Morgan fingerprint density at radius 1 is 1.29 bits per heavy atom. The number of nitrogen functional groups attached to an aromatic ring is 1. The standard InChI is InChI=1S/C13H14N2OS/c1-9-7-8-17-12(9)13(16)15(2)11-6-4-3-5-10(11)14/h3-8H,14H2,1-2H3. The molecule has 0 radical (unpaired) electrons.